The van der Waals surface area contributed by atoms with E-state index in [-0.39, 0.29) is 0 Å². The summed E-state index contributed by atoms with van der Waals surface area (Å²) < 4.78 is 1.88. The van der Waals surface area contributed by atoms with E-state index < -0.39 is 11.4 Å². The van der Waals surface area contributed by atoms with Crippen molar-refractivity contribution >= 4 is 17.1 Å². The van der Waals surface area contributed by atoms with Crippen LogP contribution < -0.4 is 0 Å². The molecule has 0 bridgehead atoms. The quantitative estimate of drug-likeness (QED) is 0.924. The summed E-state index contributed by atoms with van der Waals surface area (Å²) in [4.78, 5) is 11.8. The maximum Gasteiger partial charge on any atom is 0.313 e. The fourth-order valence-electron chi connectivity index (χ4n) is 3.21. The monoisotopic (exact) mass is 298 g/mol. The zero-order valence-electron chi connectivity index (χ0n) is 13.6. The smallest absolute Gasteiger partial charge is 0.313 e. The lowest BCUT2D eigenvalue weighted by Gasteiger charge is -2.25. The summed E-state index contributed by atoms with van der Waals surface area (Å²) in [5.74, 6) is -0.338. The fraction of sp³-hybridized carbons (Fsp3) is 0.444. The molecule has 0 unspecified atom stereocenters. The molecule has 0 aliphatic heterocycles. The van der Waals surface area contributed by atoms with E-state index in [1.54, 1.807) is 13.8 Å². The predicted octanol–water partition coefficient (Wildman–Crippen LogP) is 4.12. The van der Waals surface area contributed by atoms with Crippen LogP contribution in [0.2, 0.25) is 0 Å². The van der Waals surface area contributed by atoms with Gasteiger partial charge in [-0.15, -0.1) is 0 Å². The fourth-order valence-corrected chi connectivity index (χ4v) is 3.21. The highest BCUT2D eigenvalue weighted by Gasteiger charge is 2.39. The van der Waals surface area contributed by atoms with Crippen molar-refractivity contribution in [2.75, 3.05) is 0 Å². The molecule has 1 N–H and O–H groups in total. The summed E-state index contributed by atoms with van der Waals surface area (Å²) >= 11 is 0. The lowest BCUT2D eigenvalue weighted by molar-refractivity contribution is -0.143. The molecular weight excluding hydrogens is 276 g/mol. The average molecular weight is 298 g/mol. The number of fused-ring (bicyclic) bond motifs is 1. The first-order chi connectivity index (χ1) is 10.3. The molecule has 4 nitrogen and oxygen atoms in total. The van der Waals surface area contributed by atoms with Crippen LogP contribution in [0.1, 0.15) is 57.7 Å². The Kier molecular flexibility index (Phi) is 3.35. The molecule has 1 saturated carbocycles. The summed E-state index contributed by atoms with van der Waals surface area (Å²) in [7, 11) is 0. The Morgan fingerprint density at radius 1 is 1.32 bits per heavy atom. The van der Waals surface area contributed by atoms with Crippen LogP contribution in [0.25, 0.3) is 11.1 Å². The third-order valence-corrected chi connectivity index (χ3v) is 4.44. The summed E-state index contributed by atoms with van der Waals surface area (Å²) in [6.07, 6.45) is 4.21. The molecule has 0 saturated heterocycles. The van der Waals surface area contributed by atoms with Crippen LogP contribution in [0.4, 0.5) is 0 Å². The summed E-state index contributed by atoms with van der Waals surface area (Å²) in [6, 6.07) is 5.95. The maximum atomic E-state index is 11.8. The number of nitrogens with zero attached hydrogens (tertiary/aromatic N) is 2. The number of rotatable bonds is 4. The van der Waals surface area contributed by atoms with Gasteiger partial charge in [-0.2, -0.15) is 5.10 Å². The van der Waals surface area contributed by atoms with Crippen molar-refractivity contribution in [3.05, 3.63) is 41.2 Å². The van der Waals surface area contributed by atoms with Gasteiger partial charge in [0.2, 0.25) is 0 Å². The van der Waals surface area contributed by atoms with Gasteiger partial charge in [-0.05, 0) is 58.2 Å². The number of pyridine rings is 1. The number of hydrogen-bond acceptors (Lipinski definition) is 2. The molecule has 0 amide bonds. The Labute approximate surface area is 130 Å². The first-order valence-corrected chi connectivity index (χ1v) is 7.73. The molecule has 0 atom stereocenters. The molecule has 3 rings (SSSR count). The Morgan fingerprint density at radius 2 is 2.00 bits per heavy atom. The van der Waals surface area contributed by atoms with Crippen molar-refractivity contribution in [3.8, 4) is 0 Å². The topological polar surface area (TPSA) is 54.6 Å². The standard InChI is InChI=1S/C18H22N2O2/c1-11(2)15(18(3,4)17(21)22)14-13-7-5-6-10-20(13)19-16(14)12-8-9-12/h5-7,10,12H,8-9H2,1-4H3,(H,21,22). The van der Waals surface area contributed by atoms with Gasteiger partial charge in [0.25, 0.3) is 0 Å². The Morgan fingerprint density at radius 3 is 2.55 bits per heavy atom. The van der Waals surface area contributed by atoms with Crippen molar-refractivity contribution < 1.29 is 9.90 Å². The molecule has 1 aliphatic rings. The normalized spacial score (nSPS) is 15.1. The van der Waals surface area contributed by atoms with Crippen molar-refractivity contribution in [2.45, 2.75) is 46.5 Å². The van der Waals surface area contributed by atoms with Crippen LogP contribution >= 0.6 is 0 Å². The van der Waals surface area contributed by atoms with Gasteiger partial charge >= 0.3 is 5.97 Å². The molecule has 0 aromatic carbocycles. The van der Waals surface area contributed by atoms with Crippen molar-refractivity contribution in [1.82, 2.24) is 9.61 Å². The number of carbonyl (C=O) groups is 1. The van der Waals surface area contributed by atoms with Crippen molar-refractivity contribution in [2.24, 2.45) is 5.41 Å². The van der Waals surface area contributed by atoms with E-state index in [4.69, 9.17) is 5.10 Å². The van der Waals surface area contributed by atoms with Gasteiger partial charge in [0.1, 0.15) is 0 Å². The van der Waals surface area contributed by atoms with Crippen LogP contribution in [0, 0.1) is 5.41 Å². The van der Waals surface area contributed by atoms with E-state index in [0.29, 0.717) is 5.92 Å². The van der Waals surface area contributed by atoms with E-state index in [0.717, 1.165) is 40.8 Å². The van der Waals surface area contributed by atoms with Crippen molar-refractivity contribution in [1.29, 1.82) is 0 Å². The summed E-state index contributed by atoms with van der Waals surface area (Å²) in [5, 5.41) is 14.5. The Bertz CT molecular complexity index is 775. The van der Waals surface area contributed by atoms with Gasteiger partial charge in [-0.3, -0.25) is 4.79 Å². The molecule has 0 radical (unpaired) electrons. The highest BCUT2D eigenvalue weighted by molar-refractivity contribution is 5.96. The molecule has 1 fully saturated rings. The van der Waals surface area contributed by atoms with Gasteiger partial charge in [-0.25, -0.2) is 4.52 Å². The van der Waals surface area contributed by atoms with E-state index in [9.17, 15) is 9.90 Å². The molecule has 116 valence electrons. The molecular formula is C18H22N2O2. The summed E-state index contributed by atoms with van der Waals surface area (Å²) in [6.45, 7) is 7.54. The molecule has 1 aliphatic carbocycles. The maximum absolute atomic E-state index is 11.8. The third kappa shape index (κ3) is 2.23. The first-order valence-electron chi connectivity index (χ1n) is 7.73. The van der Waals surface area contributed by atoms with Gasteiger partial charge in [0.05, 0.1) is 16.6 Å². The number of hydrogen-bond donors (Lipinski definition) is 1. The predicted molar refractivity (Wildman–Crippen MR) is 86.9 cm³/mol. The van der Waals surface area contributed by atoms with Crippen LogP contribution in [0.3, 0.4) is 0 Å². The van der Waals surface area contributed by atoms with E-state index >= 15 is 0 Å². The molecule has 4 heteroatoms. The SMILES string of the molecule is CC(C)=C(c1c(C2CC2)nn2ccccc12)C(C)(C)C(=O)O. The third-order valence-electron chi connectivity index (χ3n) is 4.44. The Hall–Kier alpha value is -2.10. The van der Waals surface area contributed by atoms with E-state index in [2.05, 4.69) is 0 Å². The lowest BCUT2D eigenvalue weighted by atomic mass is 9.77. The molecule has 2 heterocycles. The van der Waals surface area contributed by atoms with Crippen LogP contribution in [0.5, 0.6) is 0 Å². The minimum Gasteiger partial charge on any atom is -0.481 e. The van der Waals surface area contributed by atoms with Gasteiger partial charge in [0, 0.05) is 17.7 Å². The van der Waals surface area contributed by atoms with E-state index in [1.807, 2.05) is 42.8 Å². The van der Waals surface area contributed by atoms with Crippen molar-refractivity contribution in [3.63, 3.8) is 0 Å². The number of aliphatic carboxylic acids is 1. The van der Waals surface area contributed by atoms with Gasteiger partial charge < -0.3 is 5.11 Å². The molecule has 0 spiro atoms. The van der Waals surface area contributed by atoms with Gasteiger partial charge in [-0.1, -0.05) is 11.6 Å². The second-order valence-corrected chi connectivity index (χ2v) is 6.87. The summed E-state index contributed by atoms with van der Waals surface area (Å²) in [5.41, 5.74) is 4.06. The molecule has 2 aromatic heterocycles. The number of allylic oxidation sites excluding steroid dienone is 1. The average Bonchev–Trinajstić information content (AvgIpc) is 3.22. The zero-order chi connectivity index (χ0) is 16.1. The number of carboxylic acid groups (broad SMARTS) is 1. The molecule has 22 heavy (non-hydrogen) atoms. The number of aromatic nitrogens is 2. The van der Waals surface area contributed by atoms with E-state index in [1.165, 1.54) is 0 Å². The first kappa shape index (κ1) is 14.8. The van der Waals surface area contributed by atoms with Crippen LogP contribution in [-0.4, -0.2) is 20.7 Å². The number of carboxylic acids is 1. The lowest BCUT2D eigenvalue weighted by Crippen LogP contribution is -2.26. The molecule has 2 aromatic rings. The second-order valence-electron chi connectivity index (χ2n) is 6.87. The zero-order valence-corrected chi connectivity index (χ0v) is 13.6. The minimum atomic E-state index is -0.943. The highest BCUT2D eigenvalue weighted by atomic mass is 16.4. The largest absolute Gasteiger partial charge is 0.481 e. The Balaban J connectivity index is 2.33. The van der Waals surface area contributed by atoms with Crippen LogP contribution in [-0.2, 0) is 4.79 Å². The minimum absolute atomic E-state index is 0.467. The van der Waals surface area contributed by atoms with Gasteiger partial charge in [0.15, 0.2) is 0 Å². The second kappa shape index (κ2) is 4.97. The highest BCUT2D eigenvalue weighted by Crippen LogP contribution is 2.48. The van der Waals surface area contributed by atoms with Crippen LogP contribution in [0.15, 0.2) is 30.0 Å².